The van der Waals surface area contributed by atoms with Gasteiger partial charge in [0.05, 0.1) is 20.3 Å². The van der Waals surface area contributed by atoms with Gasteiger partial charge in [-0.3, -0.25) is 0 Å². The average Bonchev–Trinajstić information content (AvgIpc) is 2.47. The minimum Gasteiger partial charge on any atom is -0.378 e. The highest BCUT2D eigenvalue weighted by Crippen LogP contribution is 2.32. The Balaban J connectivity index is 2.64. The fraction of sp³-hybridized carbons (Fsp3) is 0.231. The molecule has 21 heavy (non-hydrogen) atoms. The molecular weight excluding hydrogens is 459 g/mol. The number of ether oxygens (including phenoxy) is 1. The van der Waals surface area contributed by atoms with Crippen LogP contribution in [0, 0.1) is 15.2 Å². The molecule has 0 aliphatic rings. The summed E-state index contributed by atoms with van der Waals surface area (Å²) >= 11 is 5.16. The summed E-state index contributed by atoms with van der Waals surface area (Å²) in [6.07, 6.45) is 0. The highest BCUT2D eigenvalue weighted by molar-refractivity contribution is 14.1. The molecule has 0 spiro atoms. The Morgan fingerprint density at radius 1 is 1.33 bits per heavy atom. The van der Waals surface area contributed by atoms with Crippen LogP contribution in [0.3, 0.4) is 0 Å². The summed E-state index contributed by atoms with van der Waals surface area (Å²) in [5.74, 6) is -1.00. The van der Waals surface area contributed by atoms with E-state index >= 15 is 0 Å². The molecule has 8 heteroatoms. The Kier molecular flexibility index (Phi) is 5.44. The normalized spacial score (nSPS) is 10.8. The smallest absolute Gasteiger partial charge is 0.173 e. The Morgan fingerprint density at radius 2 is 2.05 bits per heavy atom. The van der Waals surface area contributed by atoms with Crippen LogP contribution in [0.25, 0.3) is 11.4 Å². The van der Waals surface area contributed by atoms with Gasteiger partial charge in [0, 0.05) is 19.7 Å². The van der Waals surface area contributed by atoms with Crippen molar-refractivity contribution in [3.05, 3.63) is 37.5 Å². The Bertz CT molecular complexity index is 685. The van der Waals surface area contributed by atoms with Gasteiger partial charge in [-0.15, -0.1) is 0 Å². The van der Waals surface area contributed by atoms with Gasteiger partial charge in [0.2, 0.25) is 0 Å². The van der Waals surface area contributed by atoms with Crippen LogP contribution in [-0.4, -0.2) is 24.1 Å². The minimum atomic E-state index is -0.964. The topological polar surface area (TPSA) is 47.0 Å². The third-order valence-corrected chi connectivity index (χ3v) is 4.62. The van der Waals surface area contributed by atoms with E-state index in [4.69, 9.17) is 4.74 Å². The molecule has 1 heterocycles. The fourth-order valence-corrected chi connectivity index (χ4v) is 2.88. The molecule has 0 saturated heterocycles. The summed E-state index contributed by atoms with van der Waals surface area (Å²) in [7, 11) is 3.29. The van der Waals surface area contributed by atoms with Crippen molar-refractivity contribution >= 4 is 44.3 Å². The maximum absolute atomic E-state index is 13.7. The van der Waals surface area contributed by atoms with Crippen molar-refractivity contribution < 1.29 is 13.5 Å². The number of aromatic nitrogens is 2. The van der Waals surface area contributed by atoms with Crippen LogP contribution in [0.15, 0.2) is 16.6 Å². The molecule has 0 aliphatic heterocycles. The van der Waals surface area contributed by atoms with Crippen molar-refractivity contribution in [2.45, 2.75) is 6.61 Å². The van der Waals surface area contributed by atoms with Gasteiger partial charge in [-0.05, 0) is 50.7 Å². The maximum atomic E-state index is 13.7. The third kappa shape index (κ3) is 3.32. The van der Waals surface area contributed by atoms with Gasteiger partial charge in [0.25, 0.3) is 0 Å². The summed E-state index contributed by atoms with van der Waals surface area (Å²) in [5.41, 5.74) is 1.04. The summed E-state index contributed by atoms with van der Waals surface area (Å²) in [6.45, 7) is 0.295. The largest absolute Gasteiger partial charge is 0.378 e. The van der Waals surface area contributed by atoms with Gasteiger partial charge in [0.15, 0.2) is 17.5 Å². The van der Waals surface area contributed by atoms with Crippen LogP contribution in [0.1, 0.15) is 5.69 Å². The summed E-state index contributed by atoms with van der Waals surface area (Å²) in [6, 6.07) is 2.48. The van der Waals surface area contributed by atoms with Gasteiger partial charge >= 0.3 is 0 Å². The number of benzene rings is 1. The lowest BCUT2D eigenvalue weighted by atomic mass is 10.2. The van der Waals surface area contributed by atoms with Crippen molar-refractivity contribution in [3.8, 4) is 11.4 Å². The molecule has 0 aliphatic carbocycles. The predicted octanol–water partition coefficient (Wildman–Crippen LogP) is 3.98. The predicted molar refractivity (Wildman–Crippen MR) is 88.1 cm³/mol. The van der Waals surface area contributed by atoms with E-state index in [0.29, 0.717) is 23.7 Å². The molecular formula is C13H11BrF2IN3O. The van der Waals surface area contributed by atoms with Crippen LogP contribution in [0.4, 0.5) is 14.6 Å². The van der Waals surface area contributed by atoms with Crippen molar-refractivity contribution in [2.24, 2.45) is 0 Å². The molecule has 0 fully saturated rings. The Hall–Kier alpha value is -0.870. The second kappa shape index (κ2) is 6.93. The highest BCUT2D eigenvalue weighted by Gasteiger charge is 2.18. The molecule has 112 valence electrons. The van der Waals surface area contributed by atoms with E-state index in [1.807, 2.05) is 0 Å². The number of halogens is 4. The molecule has 0 unspecified atom stereocenters. The average molecular weight is 470 g/mol. The molecule has 1 N–H and O–H groups in total. The van der Waals surface area contributed by atoms with Crippen LogP contribution in [-0.2, 0) is 11.3 Å². The number of hydrogen-bond acceptors (Lipinski definition) is 4. The number of rotatable bonds is 4. The van der Waals surface area contributed by atoms with Crippen LogP contribution < -0.4 is 5.32 Å². The quantitative estimate of drug-likeness (QED) is 0.543. The first-order valence-corrected chi connectivity index (χ1v) is 7.73. The van der Waals surface area contributed by atoms with E-state index in [0.717, 1.165) is 9.64 Å². The fourth-order valence-electron chi connectivity index (χ4n) is 1.71. The third-order valence-electron chi connectivity index (χ3n) is 2.71. The summed E-state index contributed by atoms with van der Waals surface area (Å²) in [5, 5.41) is 2.95. The Labute approximate surface area is 142 Å². The molecule has 0 atom stereocenters. The van der Waals surface area contributed by atoms with E-state index < -0.39 is 11.6 Å². The van der Waals surface area contributed by atoms with Crippen molar-refractivity contribution in [1.82, 2.24) is 9.97 Å². The lowest BCUT2D eigenvalue weighted by Crippen LogP contribution is -2.07. The lowest BCUT2D eigenvalue weighted by Gasteiger charge is -2.12. The van der Waals surface area contributed by atoms with Gasteiger partial charge in [-0.2, -0.15) is 0 Å². The standard InChI is InChI=1S/C13H11BrF2IN3O/c1-18-13-11(17)8(5-21-2)19-12(20-13)6-3-4-7(15)10(16)9(6)14/h3-4H,5H2,1-2H3,(H,18,19,20). The molecule has 0 bridgehead atoms. The van der Waals surface area contributed by atoms with Crippen molar-refractivity contribution in [2.75, 3.05) is 19.5 Å². The number of methoxy groups -OCH3 is 1. The molecule has 2 rings (SSSR count). The zero-order valence-electron chi connectivity index (χ0n) is 11.2. The van der Waals surface area contributed by atoms with Gasteiger partial charge in [0.1, 0.15) is 5.82 Å². The number of nitrogens with one attached hydrogen (secondary N) is 1. The SMILES string of the molecule is CNc1nc(-c2ccc(F)c(F)c2Br)nc(COC)c1I. The molecule has 1 aromatic heterocycles. The zero-order chi connectivity index (χ0) is 15.6. The van der Waals surface area contributed by atoms with Crippen LogP contribution >= 0.6 is 38.5 Å². The van der Waals surface area contributed by atoms with E-state index in [1.54, 1.807) is 14.2 Å². The van der Waals surface area contributed by atoms with Gasteiger partial charge in [-0.1, -0.05) is 0 Å². The molecule has 0 amide bonds. The first-order chi connectivity index (χ1) is 9.99. The minimum absolute atomic E-state index is 0.00544. The first kappa shape index (κ1) is 16.5. The van der Waals surface area contributed by atoms with E-state index in [1.165, 1.54) is 6.07 Å². The second-order valence-corrected chi connectivity index (χ2v) is 5.93. The van der Waals surface area contributed by atoms with E-state index in [9.17, 15) is 8.78 Å². The monoisotopic (exact) mass is 469 g/mol. The van der Waals surface area contributed by atoms with E-state index in [2.05, 4.69) is 53.8 Å². The maximum Gasteiger partial charge on any atom is 0.173 e. The van der Waals surface area contributed by atoms with E-state index in [-0.39, 0.29) is 10.3 Å². The first-order valence-electron chi connectivity index (χ1n) is 5.86. The number of nitrogens with zero attached hydrogens (tertiary/aromatic N) is 2. The van der Waals surface area contributed by atoms with Crippen molar-refractivity contribution in [3.63, 3.8) is 0 Å². The number of hydrogen-bond donors (Lipinski definition) is 1. The molecule has 0 radical (unpaired) electrons. The molecule has 0 saturated carbocycles. The summed E-state index contributed by atoms with van der Waals surface area (Å²) in [4.78, 5) is 8.70. The van der Waals surface area contributed by atoms with Crippen LogP contribution in [0.5, 0.6) is 0 Å². The second-order valence-electron chi connectivity index (χ2n) is 4.06. The van der Waals surface area contributed by atoms with Crippen LogP contribution in [0.2, 0.25) is 0 Å². The van der Waals surface area contributed by atoms with Crippen molar-refractivity contribution in [1.29, 1.82) is 0 Å². The molecule has 4 nitrogen and oxygen atoms in total. The highest BCUT2D eigenvalue weighted by atomic mass is 127. The molecule has 2 aromatic rings. The Morgan fingerprint density at radius 3 is 2.67 bits per heavy atom. The zero-order valence-corrected chi connectivity index (χ0v) is 14.9. The van der Waals surface area contributed by atoms with Gasteiger partial charge < -0.3 is 10.1 Å². The molecule has 1 aromatic carbocycles. The number of anilines is 1. The van der Waals surface area contributed by atoms with Gasteiger partial charge in [-0.25, -0.2) is 18.7 Å². The lowest BCUT2D eigenvalue weighted by molar-refractivity contribution is 0.181. The summed E-state index contributed by atoms with van der Waals surface area (Å²) < 4.78 is 32.8.